The van der Waals surface area contributed by atoms with Crippen LogP contribution >= 0.6 is 11.6 Å². The van der Waals surface area contributed by atoms with Crippen LogP contribution in [0.1, 0.15) is 12.0 Å². The smallest absolute Gasteiger partial charge is 0.270 e. The zero-order valence-corrected chi connectivity index (χ0v) is 17.3. The average molecular weight is 461 g/mol. The predicted octanol–water partition coefficient (Wildman–Crippen LogP) is 4.42. The van der Waals surface area contributed by atoms with E-state index in [0.29, 0.717) is 6.07 Å². The SMILES string of the molecule is Cn1cc(-c2cc([N+](=O)[O-])ccc2Oc2c(F)cc(F)cc2C#CCCO)c(Cl)cc1=O. The minimum atomic E-state index is -1.05. The van der Waals surface area contributed by atoms with Gasteiger partial charge in [0.15, 0.2) is 11.6 Å². The first-order valence-electron chi connectivity index (χ1n) is 9.13. The van der Waals surface area contributed by atoms with E-state index in [-0.39, 0.29) is 46.2 Å². The number of aliphatic hydroxyl groups excluding tert-OH is 1. The summed E-state index contributed by atoms with van der Waals surface area (Å²) < 4.78 is 35.2. The van der Waals surface area contributed by atoms with E-state index in [9.17, 15) is 23.7 Å². The molecule has 2 aromatic carbocycles. The van der Waals surface area contributed by atoms with Gasteiger partial charge in [0.25, 0.3) is 11.2 Å². The molecule has 1 aromatic heterocycles. The Morgan fingerprint density at radius 2 is 1.97 bits per heavy atom. The number of rotatable bonds is 5. The zero-order valence-electron chi connectivity index (χ0n) is 16.6. The van der Waals surface area contributed by atoms with Crippen LogP contribution in [-0.2, 0) is 7.05 Å². The molecule has 0 aliphatic heterocycles. The summed E-state index contributed by atoms with van der Waals surface area (Å²) in [5, 5.41) is 20.2. The summed E-state index contributed by atoms with van der Waals surface area (Å²) in [5.41, 5.74) is -0.481. The van der Waals surface area contributed by atoms with Gasteiger partial charge in [-0.05, 0) is 12.1 Å². The predicted molar refractivity (Wildman–Crippen MR) is 114 cm³/mol. The Labute approximate surface area is 185 Å². The van der Waals surface area contributed by atoms with Crippen LogP contribution in [0.25, 0.3) is 11.1 Å². The summed E-state index contributed by atoms with van der Waals surface area (Å²) in [4.78, 5) is 22.5. The zero-order chi connectivity index (χ0) is 23.4. The number of nitro benzene ring substituents is 1. The Morgan fingerprint density at radius 3 is 2.66 bits per heavy atom. The van der Waals surface area contributed by atoms with Gasteiger partial charge in [0.2, 0.25) is 0 Å². The number of nitrogens with zero attached hydrogens (tertiary/aromatic N) is 2. The van der Waals surface area contributed by atoms with Crippen LogP contribution in [0.5, 0.6) is 11.5 Å². The Bertz CT molecular complexity index is 1330. The first-order valence-corrected chi connectivity index (χ1v) is 9.50. The number of nitro groups is 1. The van der Waals surface area contributed by atoms with Gasteiger partial charge in [-0.25, -0.2) is 8.78 Å². The van der Waals surface area contributed by atoms with Gasteiger partial charge in [0.05, 0.1) is 22.1 Å². The Balaban J connectivity index is 2.21. The number of non-ortho nitro benzene ring substituents is 1. The Kier molecular flexibility index (Phi) is 6.88. The van der Waals surface area contributed by atoms with Crippen molar-refractivity contribution >= 4 is 17.3 Å². The van der Waals surface area contributed by atoms with Gasteiger partial charge in [0.1, 0.15) is 11.6 Å². The van der Waals surface area contributed by atoms with Gasteiger partial charge < -0.3 is 14.4 Å². The van der Waals surface area contributed by atoms with Crippen molar-refractivity contribution < 1.29 is 23.5 Å². The highest BCUT2D eigenvalue weighted by Crippen LogP contribution is 2.40. The molecule has 0 spiro atoms. The number of aryl methyl sites for hydroxylation is 1. The second-order valence-corrected chi connectivity index (χ2v) is 6.97. The van der Waals surface area contributed by atoms with Gasteiger partial charge in [-0.15, -0.1) is 0 Å². The third kappa shape index (κ3) is 4.94. The molecule has 3 rings (SSSR count). The van der Waals surface area contributed by atoms with Gasteiger partial charge >= 0.3 is 0 Å². The Morgan fingerprint density at radius 1 is 1.22 bits per heavy atom. The van der Waals surface area contributed by atoms with E-state index in [1.165, 1.54) is 29.9 Å². The third-order valence-corrected chi connectivity index (χ3v) is 4.63. The lowest BCUT2D eigenvalue weighted by molar-refractivity contribution is -0.384. The van der Waals surface area contributed by atoms with E-state index in [1.54, 1.807) is 0 Å². The van der Waals surface area contributed by atoms with Crippen LogP contribution in [0.2, 0.25) is 5.02 Å². The fraction of sp³-hybridized carbons (Fsp3) is 0.136. The average Bonchev–Trinajstić information content (AvgIpc) is 2.73. The molecule has 0 unspecified atom stereocenters. The summed E-state index contributed by atoms with van der Waals surface area (Å²) in [7, 11) is 1.47. The second-order valence-electron chi connectivity index (χ2n) is 6.56. The molecule has 0 fully saturated rings. The number of benzene rings is 2. The topological polar surface area (TPSA) is 94.6 Å². The largest absolute Gasteiger partial charge is 0.452 e. The summed E-state index contributed by atoms with van der Waals surface area (Å²) in [6.45, 7) is -0.237. The molecule has 3 aromatic rings. The molecule has 32 heavy (non-hydrogen) atoms. The molecule has 0 bridgehead atoms. The maximum Gasteiger partial charge on any atom is 0.270 e. The maximum atomic E-state index is 14.6. The highest BCUT2D eigenvalue weighted by atomic mass is 35.5. The van der Waals surface area contributed by atoms with E-state index in [2.05, 4.69) is 11.8 Å². The highest BCUT2D eigenvalue weighted by Gasteiger charge is 2.20. The van der Waals surface area contributed by atoms with Crippen LogP contribution in [0.3, 0.4) is 0 Å². The number of halogens is 3. The molecule has 0 saturated carbocycles. The van der Waals surface area contributed by atoms with E-state index in [4.69, 9.17) is 21.4 Å². The second kappa shape index (κ2) is 9.60. The minimum absolute atomic E-state index is 0.000914. The lowest BCUT2D eigenvalue weighted by atomic mass is 10.1. The number of aromatic nitrogens is 1. The fourth-order valence-corrected chi connectivity index (χ4v) is 3.06. The van der Waals surface area contributed by atoms with Gasteiger partial charge in [-0.1, -0.05) is 23.4 Å². The van der Waals surface area contributed by atoms with Crippen molar-refractivity contribution in [1.82, 2.24) is 4.57 Å². The molecule has 164 valence electrons. The van der Waals surface area contributed by atoms with Crippen LogP contribution in [0.4, 0.5) is 14.5 Å². The van der Waals surface area contributed by atoms with E-state index in [1.807, 2.05) is 0 Å². The number of hydrogen-bond donors (Lipinski definition) is 1. The molecule has 0 aliphatic carbocycles. The van der Waals surface area contributed by atoms with Crippen molar-refractivity contribution in [2.24, 2.45) is 7.05 Å². The van der Waals surface area contributed by atoms with E-state index >= 15 is 0 Å². The standard InChI is InChI=1S/C22H15ClF2N2O5/c1-26-12-17(18(23)11-21(26)29)16-10-15(27(30)31)5-6-20(16)32-22-13(4-2-3-7-28)8-14(24)9-19(22)25/h5-6,8-12,28H,3,7H2,1H3. The molecular weight excluding hydrogens is 446 g/mol. The minimum Gasteiger partial charge on any atom is -0.452 e. The van der Waals surface area contributed by atoms with Crippen molar-refractivity contribution in [3.05, 3.63) is 85.3 Å². The van der Waals surface area contributed by atoms with Crippen molar-refractivity contribution in [1.29, 1.82) is 0 Å². The molecule has 0 atom stereocenters. The van der Waals surface area contributed by atoms with Gasteiger partial charge in [0, 0.05) is 55.1 Å². The molecule has 0 amide bonds. The first kappa shape index (κ1) is 22.9. The Hall–Kier alpha value is -3.74. The quantitative estimate of drug-likeness (QED) is 0.345. The maximum absolute atomic E-state index is 14.6. The molecule has 1 N–H and O–H groups in total. The summed E-state index contributed by atoms with van der Waals surface area (Å²) >= 11 is 6.20. The highest BCUT2D eigenvalue weighted by molar-refractivity contribution is 6.33. The van der Waals surface area contributed by atoms with Crippen molar-refractivity contribution in [2.45, 2.75) is 6.42 Å². The van der Waals surface area contributed by atoms with Crippen LogP contribution in [0, 0.1) is 33.6 Å². The number of hydrogen-bond acceptors (Lipinski definition) is 5. The summed E-state index contributed by atoms with van der Waals surface area (Å²) in [6.07, 6.45) is 1.44. The first-order chi connectivity index (χ1) is 15.2. The monoisotopic (exact) mass is 460 g/mol. The molecule has 7 nitrogen and oxygen atoms in total. The molecule has 1 heterocycles. The van der Waals surface area contributed by atoms with E-state index in [0.717, 1.165) is 18.2 Å². The van der Waals surface area contributed by atoms with Crippen molar-refractivity contribution in [2.75, 3.05) is 6.61 Å². The molecule has 0 radical (unpaired) electrons. The number of ether oxygens (including phenoxy) is 1. The summed E-state index contributed by atoms with van der Waals surface area (Å²) in [5.74, 6) is 2.73. The van der Waals surface area contributed by atoms with Crippen molar-refractivity contribution in [3.8, 4) is 34.5 Å². The molecule has 0 saturated heterocycles. The molecular formula is C22H15ClF2N2O5. The number of aliphatic hydroxyl groups is 1. The van der Waals surface area contributed by atoms with Gasteiger partial charge in [-0.2, -0.15) is 0 Å². The molecule has 0 aliphatic rings. The van der Waals surface area contributed by atoms with Crippen molar-refractivity contribution in [3.63, 3.8) is 0 Å². The summed E-state index contributed by atoms with van der Waals surface area (Å²) in [6, 6.07) is 6.25. The molecule has 10 heteroatoms. The van der Waals surface area contributed by atoms with Crippen LogP contribution in [-0.4, -0.2) is 21.2 Å². The normalized spacial score (nSPS) is 10.4. The van der Waals surface area contributed by atoms with E-state index < -0.39 is 27.9 Å². The van der Waals surface area contributed by atoms with Crippen LogP contribution < -0.4 is 10.3 Å². The van der Waals surface area contributed by atoms with Crippen LogP contribution in [0.15, 0.2) is 47.4 Å². The fourth-order valence-electron chi connectivity index (χ4n) is 2.82. The number of pyridine rings is 1. The van der Waals surface area contributed by atoms with Gasteiger partial charge in [-0.3, -0.25) is 14.9 Å². The third-order valence-electron chi connectivity index (χ3n) is 4.32. The lowest BCUT2D eigenvalue weighted by Gasteiger charge is -2.15. The lowest BCUT2D eigenvalue weighted by Crippen LogP contribution is -2.14.